The average Bonchev–Trinajstić information content (AvgIpc) is 2.22. The van der Waals surface area contributed by atoms with Crippen molar-refractivity contribution in [2.75, 3.05) is 13.1 Å². The second-order valence-corrected chi connectivity index (χ2v) is 5.24. The second kappa shape index (κ2) is 5.64. The SMILES string of the molecule is CCC(C)C(=O)CN1CC(C)CCC1C. The predicted molar refractivity (Wildman–Crippen MR) is 63.9 cm³/mol. The van der Waals surface area contributed by atoms with Crippen molar-refractivity contribution in [2.45, 2.75) is 53.0 Å². The van der Waals surface area contributed by atoms with E-state index in [-0.39, 0.29) is 5.92 Å². The van der Waals surface area contributed by atoms with Crippen LogP contribution in [0.15, 0.2) is 0 Å². The highest BCUT2D eigenvalue weighted by molar-refractivity contribution is 5.82. The van der Waals surface area contributed by atoms with Crippen molar-refractivity contribution in [1.82, 2.24) is 4.90 Å². The lowest BCUT2D eigenvalue weighted by molar-refractivity contribution is -0.124. The Kier molecular flexibility index (Phi) is 4.78. The number of piperidine rings is 1. The van der Waals surface area contributed by atoms with Gasteiger partial charge >= 0.3 is 0 Å². The van der Waals surface area contributed by atoms with Crippen LogP contribution in [0.1, 0.15) is 47.0 Å². The normalized spacial score (nSPS) is 30.1. The average molecular weight is 211 g/mol. The van der Waals surface area contributed by atoms with Crippen LogP contribution in [0, 0.1) is 11.8 Å². The summed E-state index contributed by atoms with van der Waals surface area (Å²) in [7, 11) is 0. The summed E-state index contributed by atoms with van der Waals surface area (Å²) in [6.07, 6.45) is 3.53. The third-order valence-electron chi connectivity index (χ3n) is 3.77. The summed E-state index contributed by atoms with van der Waals surface area (Å²) >= 11 is 0. The van der Waals surface area contributed by atoms with Crippen LogP contribution in [-0.4, -0.2) is 29.8 Å². The number of ketones is 1. The number of rotatable bonds is 4. The number of Topliss-reactive ketones (excluding diaryl/α,β-unsaturated/α-hetero) is 1. The van der Waals surface area contributed by atoms with E-state index >= 15 is 0 Å². The molecule has 0 N–H and O–H groups in total. The third-order valence-corrected chi connectivity index (χ3v) is 3.77. The van der Waals surface area contributed by atoms with Gasteiger partial charge in [0.25, 0.3) is 0 Å². The molecule has 1 rings (SSSR count). The molecule has 15 heavy (non-hydrogen) atoms. The molecule has 0 spiro atoms. The van der Waals surface area contributed by atoms with Crippen LogP contribution < -0.4 is 0 Å². The van der Waals surface area contributed by atoms with Crippen LogP contribution in [0.2, 0.25) is 0 Å². The minimum Gasteiger partial charge on any atom is -0.298 e. The molecule has 0 aromatic rings. The van der Waals surface area contributed by atoms with E-state index in [1.54, 1.807) is 0 Å². The molecule has 1 saturated heterocycles. The van der Waals surface area contributed by atoms with E-state index in [2.05, 4.69) is 25.7 Å². The summed E-state index contributed by atoms with van der Waals surface area (Å²) in [6, 6.07) is 0.592. The molecule has 0 aromatic carbocycles. The minimum atomic E-state index is 0.231. The number of hydrogen-bond acceptors (Lipinski definition) is 2. The van der Waals surface area contributed by atoms with Crippen molar-refractivity contribution in [1.29, 1.82) is 0 Å². The van der Waals surface area contributed by atoms with E-state index in [9.17, 15) is 4.79 Å². The first-order valence-corrected chi connectivity index (χ1v) is 6.31. The van der Waals surface area contributed by atoms with E-state index in [0.717, 1.165) is 18.9 Å². The van der Waals surface area contributed by atoms with Gasteiger partial charge in [-0.25, -0.2) is 0 Å². The van der Waals surface area contributed by atoms with Gasteiger partial charge in [0, 0.05) is 18.5 Å². The van der Waals surface area contributed by atoms with Crippen molar-refractivity contribution in [2.24, 2.45) is 11.8 Å². The third kappa shape index (κ3) is 3.60. The van der Waals surface area contributed by atoms with Crippen LogP contribution in [0.4, 0.5) is 0 Å². The maximum Gasteiger partial charge on any atom is 0.149 e. The van der Waals surface area contributed by atoms with E-state index in [4.69, 9.17) is 0 Å². The monoisotopic (exact) mass is 211 g/mol. The van der Waals surface area contributed by atoms with Crippen molar-refractivity contribution in [3.8, 4) is 0 Å². The molecule has 3 unspecified atom stereocenters. The Hall–Kier alpha value is -0.370. The fourth-order valence-corrected chi connectivity index (χ4v) is 2.18. The first-order chi connectivity index (χ1) is 7.04. The molecule has 0 aliphatic carbocycles. The Bertz CT molecular complexity index is 215. The lowest BCUT2D eigenvalue weighted by atomic mass is 9.94. The summed E-state index contributed by atoms with van der Waals surface area (Å²) in [5.41, 5.74) is 0. The minimum absolute atomic E-state index is 0.231. The van der Waals surface area contributed by atoms with E-state index in [0.29, 0.717) is 18.4 Å². The zero-order chi connectivity index (χ0) is 11.4. The topological polar surface area (TPSA) is 20.3 Å². The lowest BCUT2D eigenvalue weighted by Gasteiger charge is -2.36. The van der Waals surface area contributed by atoms with Gasteiger partial charge in [0.2, 0.25) is 0 Å². The molecule has 0 bridgehead atoms. The summed E-state index contributed by atoms with van der Waals surface area (Å²) in [6.45, 7) is 10.4. The van der Waals surface area contributed by atoms with Gasteiger partial charge < -0.3 is 0 Å². The highest BCUT2D eigenvalue weighted by Gasteiger charge is 2.25. The largest absolute Gasteiger partial charge is 0.298 e. The number of carbonyl (C=O) groups is 1. The van der Waals surface area contributed by atoms with Crippen LogP contribution in [0.3, 0.4) is 0 Å². The van der Waals surface area contributed by atoms with Crippen LogP contribution >= 0.6 is 0 Å². The zero-order valence-corrected chi connectivity index (χ0v) is 10.6. The second-order valence-electron chi connectivity index (χ2n) is 5.24. The zero-order valence-electron chi connectivity index (χ0n) is 10.6. The van der Waals surface area contributed by atoms with Gasteiger partial charge in [-0.3, -0.25) is 9.69 Å². The Morgan fingerprint density at radius 2 is 2.07 bits per heavy atom. The fourth-order valence-electron chi connectivity index (χ4n) is 2.18. The summed E-state index contributed by atoms with van der Waals surface area (Å²) in [5, 5.41) is 0. The molecule has 1 aliphatic rings. The Morgan fingerprint density at radius 1 is 1.40 bits per heavy atom. The van der Waals surface area contributed by atoms with Gasteiger partial charge in [-0.2, -0.15) is 0 Å². The fraction of sp³-hybridized carbons (Fsp3) is 0.923. The lowest BCUT2D eigenvalue weighted by Crippen LogP contribution is -2.44. The highest BCUT2D eigenvalue weighted by atomic mass is 16.1. The number of likely N-dealkylation sites (tertiary alicyclic amines) is 1. The summed E-state index contributed by atoms with van der Waals surface area (Å²) in [5.74, 6) is 1.40. The number of carbonyl (C=O) groups excluding carboxylic acids is 1. The maximum atomic E-state index is 11.9. The first kappa shape index (κ1) is 12.7. The smallest absolute Gasteiger partial charge is 0.149 e. The highest BCUT2D eigenvalue weighted by Crippen LogP contribution is 2.21. The van der Waals surface area contributed by atoms with Crippen molar-refractivity contribution in [3.05, 3.63) is 0 Å². The molecular formula is C13H25NO. The van der Waals surface area contributed by atoms with Gasteiger partial charge in [-0.1, -0.05) is 20.8 Å². The molecule has 0 amide bonds. The predicted octanol–water partition coefficient (Wildman–Crippen LogP) is 2.72. The quantitative estimate of drug-likeness (QED) is 0.712. The van der Waals surface area contributed by atoms with Gasteiger partial charge in [-0.05, 0) is 32.1 Å². The molecule has 1 fully saturated rings. The molecule has 3 atom stereocenters. The van der Waals surface area contributed by atoms with E-state index < -0.39 is 0 Å². The Labute approximate surface area is 94.0 Å². The Morgan fingerprint density at radius 3 is 2.67 bits per heavy atom. The molecule has 0 aromatic heterocycles. The van der Waals surface area contributed by atoms with Crippen LogP contribution in [0.25, 0.3) is 0 Å². The van der Waals surface area contributed by atoms with Gasteiger partial charge in [0.1, 0.15) is 5.78 Å². The summed E-state index contributed by atoms with van der Waals surface area (Å²) in [4.78, 5) is 14.2. The summed E-state index contributed by atoms with van der Waals surface area (Å²) < 4.78 is 0. The maximum absolute atomic E-state index is 11.9. The first-order valence-electron chi connectivity index (χ1n) is 6.31. The van der Waals surface area contributed by atoms with Gasteiger partial charge in [0.15, 0.2) is 0 Å². The van der Waals surface area contributed by atoms with E-state index in [1.165, 1.54) is 12.8 Å². The molecule has 88 valence electrons. The molecule has 0 radical (unpaired) electrons. The Balaban J connectivity index is 2.45. The van der Waals surface area contributed by atoms with Gasteiger partial charge in [-0.15, -0.1) is 0 Å². The van der Waals surface area contributed by atoms with Crippen LogP contribution in [-0.2, 0) is 4.79 Å². The van der Waals surface area contributed by atoms with Gasteiger partial charge in [0.05, 0.1) is 6.54 Å². The molecule has 1 aliphatic heterocycles. The molecule has 0 saturated carbocycles. The molecule has 1 heterocycles. The number of hydrogen-bond donors (Lipinski definition) is 0. The van der Waals surface area contributed by atoms with Crippen molar-refractivity contribution >= 4 is 5.78 Å². The molecular weight excluding hydrogens is 186 g/mol. The number of nitrogens with zero attached hydrogens (tertiary/aromatic N) is 1. The molecule has 2 heteroatoms. The molecule has 2 nitrogen and oxygen atoms in total. The standard InChI is InChI=1S/C13H25NO/c1-5-11(3)13(15)9-14-8-10(2)6-7-12(14)4/h10-12H,5-9H2,1-4H3. The van der Waals surface area contributed by atoms with Crippen molar-refractivity contribution < 1.29 is 4.79 Å². The van der Waals surface area contributed by atoms with E-state index in [1.807, 2.05) is 6.92 Å². The van der Waals surface area contributed by atoms with Crippen molar-refractivity contribution in [3.63, 3.8) is 0 Å². The van der Waals surface area contributed by atoms with Crippen LogP contribution in [0.5, 0.6) is 0 Å².